The maximum atomic E-state index is 12.1. The highest BCUT2D eigenvalue weighted by atomic mass is 16.2. The Hall–Kier alpha value is -3.22. The van der Waals surface area contributed by atoms with Crippen LogP contribution in [0.25, 0.3) is 0 Å². The van der Waals surface area contributed by atoms with Gasteiger partial charge in [-0.25, -0.2) is 0 Å². The highest BCUT2D eigenvalue weighted by Crippen LogP contribution is 2.20. The normalized spacial score (nSPS) is 10.1. The van der Waals surface area contributed by atoms with Crippen molar-refractivity contribution in [3.8, 4) is 0 Å². The molecule has 0 bridgehead atoms. The molecule has 7 nitrogen and oxygen atoms in total. The van der Waals surface area contributed by atoms with E-state index in [1.54, 1.807) is 30.5 Å². The summed E-state index contributed by atoms with van der Waals surface area (Å²) in [5.41, 5.74) is 1.99. The molecule has 3 amide bonds. The van der Waals surface area contributed by atoms with E-state index in [2.05, 4.69) is 15.6 Å². The summed E-state index contributed by atoms with van der Waals surface area (Å²) in [5.74, 6) is -0.534. The van der Waals surface area contributed by atoms with Crippen molar-refractivity contribution in [3.05, 3.63) is 54.4 Å². The molecule has 0 saturated carbocycles. The summed E-state index contributed by atoms with van der Waals surface area (Å²) < 4.78 is 0. The van der Waals surface area contributed by atoms with Gasteiger partial charge in [-0.3, -0.25) is 19.4 Å². The number of aromatic nitrogens is 1. The standard InChI is InChI=1S/C19H22N4O3/c1-14(24)22-16-7-5-8-18(12-16)23(15(2)25)11-9-19(26)21-13-17-6-3-4-10-20-17/h3-8,10,12H,9,11,13H2,1-2H3,(H,21,26)(H,22,24). The summed E-state index contributed by atoms with van der Waals surface area (Å²) in [6.07, 6.45) is 1.83. The highest BCUT2D eigenvalue weighted by Gasteiger charge is 2.14. The average Bonchev–Trinajstić information content (AvgIpc) is 2.60. The smallest absolute Gasteiger partial charge is 0.223 e. The molecule has 1 heterocycles. The quantitative estimate of drug-likeness (QED) is 0.796. The Morgan fingerprint density at radius 2 is 1.88 bits per heavy atom. The Balaban J connectivity index is 1.94. The van der Waals surface area contributed by atoms with E-state index in [1.165, 1.54) is 18.7 Å². The van der Waals surface area contributed by atoms with Crippen LogP contribution in [0.3, 0.4) is 0 Å². The van der Waals surface area contributed by atoms with Gasteiger partial charge in [-0.1, -0.05) is 12.1 Å². The molecule has 0 saturated heterocycles. The number of hydrogen-bond acceptors (Lipinski definition) is 4. The maximum absolute atomic E-state index is 12.1. The van der Waals surface area contributed by atoms with Crippen LogP contribution in [0.1, 0.15) is 26.0 Å². The van der Waals surface area contributed by atoms with E-state index in [9.17, 15) is 14.4 Å². The topological polar surface area (TPSA) is 91.4 Å². The minimum absolute atomic E-state index is 0.163. The van der Waals surface area contributed by atoms with Crippen molar-refractivity contribution in [1.82, 2.24) is 10.3 Å². The molecule has 26 heavy (non-hydrogen) atoms. The third-order valence-corrected chi connectivity index (χ3v) is 3.61. The Morgan fingerprint density at radius 1 is 1.08 bits per heavy atom. The minimum Gasteiger partial charge on any atom is -0.350 e. The van der Waals surface area contributed by atoms with Crippen LogP contribution in [0.5, 0.6) is 0 Å². The van der Waals surface area contributed by atoms with Crippen molar-refractivity contribution in [2.24, 2.45) is 0 Å². The molecule has 1 aromatic heterocycles. The summed E-state index contributed by atoms with van der Waals surface area (Å²) in [6, 6.07) is 12.4. The number of hydrogen-bond donors (Lipinski definition) is 2. The third-order valence-electron chi connectivity index (χ3n) is 3.61. The second-order valence-electron chi connectivity index (χ2n) is 5.75. The first-order valence-corrected chi connectivity index (χ1v) is 8.28. The fourth-order valence-corrected chi connectivity index (χ4v) is 2.42. The van der Waals surface area contributed by atoms with Crippen molar-refractivity contribution < 1.29 is 14.4 Å². The lowest BCUT2D eigenvalue weighted by Gasteiger charge is -2.21. The minimum atomic E-state index is -0.189. The second-order valence-corrected chi connectivity index (χ2v) is 5.75. The van der Waals surface area contributed by atoms with Gasteiger partial charge in [0.05, 0.1) is 12.2 Å². The van der Waals surface area contributed by atoms with Crippen LogP contribution in [-0.4, -0.2) is 29.3 Å². The zero-order chi connectivity index (χ0) is 18.9. The van der Waals surface area contributed by atoms with Gasteiger partial charge >= 0.3 is 0 Å². The lowest BCUT2D eigenvalue weighted by atomic mass is 10.2. The molecule has 0 atom stereocenters. The van der Waals surface area contributed by atoms with Gasteiger partial charge in [-0.05, 0) is 30.3 Å². The predicted molar refractivity (Wildman–Crippen MR) is 99.5 cm³/mol. The first-order valence-electron chi connectivity index (χ1n) is 8.28. The van der Waals surface area contributed by atoms with Crippen LogP contribution < -0.4 is 15.5 Å². The highest BCUT2D eigenvalue weighted by molar-refractivity contribution is 5.94. The number of nitrogens with one attached hydrogen (secondary N) is 2. The molecule has 136 valence electrons. The molecule has 0 aliphatic carbocycles. The fourth-order valence-electron chi connectivity index (χ4n) is 2.42. The monoisotopic (exact) mass is 354 g/mol. The molecule has 0 radical (unpaired) electrons. The van der Waals surface area contributed by atoms with Gasteiger partial charge in [0.2, 0.25) is 17.7 Å². The molecule has 2 rings (SSSR count). The fraction of sp³-hybridized carbons (Fsp3) is 0.263. The number of nitrogens with zero attached hydrogens (tertiary/aromatic N) is 2. The van der Waals surface area contributed by atoms with Gasteiger partial charge in [-0.15, -0.1) is 0 Å². The molecular formula is C19H22N4O3. The second kappa shape index (κ2) is 9.31. The number of carbonyl (C=O) groups excluding carboxylic acids is 3. The molecule has 2 aromatic rings. The van der Waals surface area contributed by atoms with E-state index in [0.717, 1.165) is 5.69 Å². The van der Waals surface area contributed by atoms with Crippen molar-refractivity contribution in [2.75, 3.05) is 16.8 Å². The number of carbonyl (C=O) groups is 3. The van der Waals surface area contributed by atoms with E-state index < -0.39 is 0 Å². The largest absolute Gasteiger partial charge is 0.350 e. The number of anilines is 2. The van der Waals surface area contributed by atoms with Crippen molar-refractivity contribution in [1.29, 1.82) is 0 Å². The van der Waals surface area contributed by atoms with Gasteiger partial charge in [-0.2, -0.15) is 0 Å². The molecule has 0 aliphatic heterocycles. The molecule has 0 unspecified atom stereocenters. The Kier molecular flexibility index (Phi) is 6.84. The molecule has 7 heteroatoms. The summed E-state index contributed by atoms with van der Waals surface area (Å²) in [7, 11) is 0. The molecule has 0 aliphatic rings. The van der Waals surface area contributed by atoms with Crippen LogP contribution in [0.2, 0.25) is 0 Å². The number of rotatable bonds is 7. The average molecular weight is 354 g/mol. The summed E-state index contributed by atoms with van der Waals surface area (Å²) in [5, 5.41) is 5.46. The summed E-state index contributed by atoms with van der Waals surface area (Å²) >= 11 is 0. The van der Waals surface area contributed by atoms with E-state index in [0.29, 0.717) is 17.9 Å². The molecule has 0 spiro atoms. The zero-order valence-corrected chi connectivity index (χ0v) is 14.9. The van der Waals surface area contributed by atoms with Gasteiger partial charge in [0.25, 0.3) is 0 Å². The van der Waals surface area contributed by atoms with E-state index in [-0.39, 0.29) is 30.7 Å². The van der Waals surface area contributed by atoms with Gasteiger partial charge in [0, 0.05) is 44.4 Å². The lowest BCUT2D eigenvalue weighted by molar-refractivity contribution is -0.121. The van der Waals surface area contributed by atoms with E-state index >= 15 is 0 Å². The summed E-state index contributed by atoms with van der Waals surface area (Å²) in [6.45, 7) is 3.45. The maximum Gasteiger partial charge on any atom is 0.223 e. The summed E-state index contributed by atoms with van der Waals surface area (Å²) in [4.78, 5) is 40.8. The number of benzene rings is 1. The van der Waals surface area contributed by atoms with Crippen LogP contribution in [0.4, 0.5) is 11.4 Å². The first-order chi connectivity index (χ1) is 12.5. The Morgan fingerprint density at radius 3 is 2.54 bits per heavy atom. The molecular weight excluding hydrogens is 332 g/mol. The van der Waals surface area contributed by atoms with Crippen molar-refractivity contribution in [3.63, 3.8) is 0 Å². The van der Waals surface area contributed by atoms with E-state index in [1.807, 2.05) is 18.2 Å². The van der Waals surface area contributed by atoms with Crippen LogP contribution in [0, 0.1) is 0 Å². The first kappa shape index (κ1) is 19.1. The SMILES string of the molecule is CC(=O)Nc1cccc(N(CCC(=O)NCc2ccccn2)C(C)=O)c1. The van der Waals surface area contributed by atoms with Crippen LogP contribution >= 0.6 is 0 Å². The molecule has 2 N–H and O–H groups in total. The lowest BCUT2D eigenvalue weighted by Crippen LogP contribution is -2.33. The van der Waals surface area contributed by atoms with Crippen LogP contribution in [0.15, 0.2) is 48.7 Å². The molecule has 1 aromatic carbocycles. The van der Waals surface area contributed by atoms with E-state index in [4.69, 9.17) is 0 Å². The Bertz CT molecular complexity index is 777. The molecule has 0 fully saturated rings. The van der Waals surface area contributed by atoms with Crippen molar-refractivity contribution >= 4 is 29.1 Å². The number of amides is 3. The zero-order valence-electron chi connectivity index (χ0n) is 14.9. The van der Waals surface area contributed by atoms with Crippen LogP contribution in [-0.2, 0) is 20.9 Å². The van der Waals surface area contributed by atoms with Crippen molar-refractivity contribution in [2.45, 2.75) is 26.8 Å². The van der Waals surface area contributed by atoms with Gasteiger partial charge in [0.15, 0.2) is 0 Å². The Labute approximate surface area is 152 Å². The van der Waals surface area contributed by atoms with Gasteiger partial charge < -0.3 is 15.5 Å². The number of pyridine rings is 1. The van der Waals surface area contributed by atoms with Gasteiger partial charge in [0.1, 0.15) is 0 Å². The predicted octanol–water partition coefficient (Wildman–Crippen LogP) is 2.10. The third kappa shape index (κ3) is 6.01.